The Morgan fingerprint density at radius 2 is 1.73 bits per heavy atom. The number of halogens is 2. The van der Waals surface area contributed by atoms with Crippen molar-refractivity contribution in [3.05, 3.63) is 0 Å². The number of nitrogens with zero attached hydrogens (tertiary/aromatic N) is 1. The Labute approximate surface area is 90.8 Å². The molecule has 0 aromatic heterocycles. The topological polar surface area (TPSA) is 7.68 Å². The van der Waals surface area contributed by atoms with Crippen LogP contribution in [-0.4, -0.2) is 50.8 Å². The summed E-state index contributed by atoms with van der Waals surface area (Å²) in [7, 11) is -2.14. The molecule has 2 saturated heterocycles. The second-order valence-corrected chi connectivity index (χ2v) is 4.82. The molecule has 1 N–H and O–H groups in total. The Morgan fingerprint density at radius 3 is 2.27 bits per heavy atom. The number of quaternary nitrogens is 1. The van der Waals surface area contributed by atoms with Gasteiger partial charge in [0.05, 0.1) is 13.1 Å². The lowest BCUT2D eigenvalue weighted by molar-refractivity contribution is -0.896. The summed E-state index contributed by atoms with van der Waals surface area (Å²) < 4.78 is 24.4. The third kappa shape index (κ3) is 3.15. The molecule has 0 bridgehead atoms. The zero-order valence-corrected chi connectivity index (χ0v) is 9.22. The quantitative estimate of drug-likeness (QED) is 0.658. The van der Waals surface area contributed by atoms with Crippen LogP contribution in [0.5, 0.6) is 0 Å². The van der Waals surface area contributed by atoms with Crippen molar-refractivity contribution in [1.82, 2.24) is 4.90 Å². The Bertz CT molecular complexity index is 190. The average molecular weight is 217 g/mol. The number of likely N-dealkylation sites (tertiary alicyclic amines) is 2. The van der Waals surface area contributed by atoms with Gasteiger partial charge < -0.3 is 4.90 Å². The summed E-state index contributed by atoms with van der Waals surface area (Å²) in [5, 5.41) is 0. The fourth-order valence-electron chi connectivity index (χ4n) is 2.91. The molecule has 5 heteroatoms. The van der Waals surface area contributed by atoms with Crippen molar-refractivity contribution in [2.45, 2.75) is 31.7 Å². The minimum absolute atomic E-state index is 0.0483. The first-order chi connectivity index (χ1) is 7.25. The second kappa shape index (κ2) is 5.26. The molecule has 0 saturated carbocycles. The Morgan fingerprint density at radius 1 is 1.13 bits per heavy atom. The number of hydrogen-bond donors (Lipinski definition) is 1. The van der Waals surface area contributed by atoms with Crippen molar-refractivity contribution in [3.8, 4) is 0 Å². The van der Waals surface area contributed by atoms with Crippen LogP contribution in [0.25, 0.3) is 0 Å². The van der Waals surface area contributed by atoms with E-state index in [1.165, 1.54) is 25.9 Å². The van der Waals surface area contributed by atoms with Crippen LogP contribution in [0.1, 0.15) is 25.7 Å². The molecule has 2 nitrogen and oxygen atoms in total. The lowest BCUT2D eigenvalue weighted by atomic mass is 9.95. The zero-order valence-electron chi connectivity index (χ0n) is 9.22. The SMILES string of the molecule is FB(F)C[NH+]1CCC(N2CCCC2)CC1. The van der Waals surface area contributed by atoms with Crippen molar-refractivity contribution < 1.29 is 13.5 Å². The van der Waals surface area contributed by atoms with Gasteiger partial charge in [0.25, 0.3) is 0 Å². The highest BCUT2D eigenvalue weighted by molar-refractivity contribution is 6.42. The highest BCUT2D eigenvalue weighted by Gasteiger charge is 2.30. The first kappa shape index (κ1) is 11.3. The molecule has 15 heavy (non-hydrogen) atoms. The molecular formula is C10H20BF2N2+. The summed E-state index contributed by atoms with van der Waals surface area (Å²) >= 11 is 0. The summed E-state index contributed by atoms with van der Waals surface area (Å²) in [5.41, 5.74) is 0. The fourth-order valence-corrected chi connectivity index (χ4v) is 2.91. The maximum Gasteiger partial charge on any atom is 0.592 e. The Balaban J connectivity index is 1.71. The van der Waals surface area contributed by atoms with Gasteiger partial charge in [-0.25, -0.2) is 0 Å². The normalized spacial score (nSPS) is 33.2. The van der Waals surface area contributed by atoms with Gasteiger partial charge in [0.2, 0.25) is 0 Å². The maximum atomic E-state index is 12.2. The minimum atomic E-state index is -2.14. The van der Waals surface area contributed by atoms with E-state index in [2.05, 4.69) is 4.90 Å². The van der Waals surface area contributed by atoms with Crippen LogP contribution < -0.4 is 4.90 Å². The van der Waals surface area contributed by atoms with Crippen LogP contribution in [0.15, 0.2) is 0 Å². The molecule has 0 unspecified atom stereocenters. The van der Waals surface area contributed by atoms with Gasteiger partial charge in [-0.15, -0.1) is 0 Å². The highest BCUT2D eigenvalue weighted by atomic mass is 19.2. The van der Waals surface area contributed by atoms with E-state index >= 15 is 0 Å². The molecule has 0 aliphatic carbocycles. The summed E-state index contributed by atoms with van der Waals surface area (Å²) in [5.74, 6) is 0. The lowest BCUT2D eigenvalue weighted by Gasteiger charge is -2.34. The van der Waals surface area contributed by atoms with Gasteiger partial charge in [0.15, 0.2) is 0 Å². The summed E-state index contributed by atoms with van der Waals surface area (Å²) in [6.45, 7) is 4.33. The number of piperidine rings is 1. The van der Waals surface area contributed by atoms with E-state index in [0.717, 1.165) is 30.8 Å². The molecule has 0 amide bonds. The molecular weight excluding hydrogens is 197 g/mol. The van der Waals surface area contributed by atoms with Crippen LogP contribution >= 0.6 is 0 Å². The average Bonchev–Trinajstić information content (AvgIpc) is 2.71. The standard InChI is InChI=1S/C10H19BF2N2/c12-11(13)9-14-7-3-10(4-8-14)15-5-1-2-6-15/h10H,1-9H2/p+1. The van der Waals surface area contributed by atoms with Crippen molar-refractivity contribution in [1.29, 1.82) is 0 Å². The third-order valence-electron chi connectivity index (χ3n) is 3.76. The zero-order chi connectivity index (χ0) is 10.7. The molecule has 86 valence electrons. The van der Waals surface area contributed by atoms with Crippen LogP contribution in [0, 0.1) is 0 Å². The van der Waals surface area contributed by atoms with Crippen LogP contribution in [0.4, 0.5) is 8.63 Å². The van der Waals surface area contributed by atoms with Crippen LogP contribution in [0.3, 0.4) is 0 Å². The van der Waals surface area contributed by atoms with Crippen LogP contribution in [0.2, 0.25) is 0 Å². The molecule has 0 spiro atoms. The summed E-state index contributed by atoms with van der Waals surface area (Å²) in [6.07, 6.45) is 4.92. The molecule has 2 aliphatic rings. The van der Waals surface area contributed by atoms with Gasteiger partial charge >= 0.3 is 7.27 Å². The molecule has 0 aromatic carbocycles. The highest BCUT2D eigenvalue weighted by Crippen LogP contribution is 2.16. The smallest absolute Gasteiger partial charge is 0.336 e. The van der Waals surface area contributed by atoms with E-state index in [0.29, 0.717) is 6.04 Å². The summed E-state index contributed by atoms with van der Waals surface area (Å²) in [6, 6.07) is 0.689. The first-order valence-corrected chi connectivity index (χ1v) is 6.11. The van der Waals surface area contributed by atoms with E-state index in [1.807, 2.05) is 0 Å². The molecule has 2 rings (SSSR count). The van der Waals surface area contributed by atoms with Gasteiger partial charge in [-0.05, 0) is 25.9 Å². The van der Waals surface area contributed by atoms with E-state index in [-0.39, 0.29) is 6.44 Å². The van der Waals surface area contributed by atoms with Gasteiger partial charge in [-0.2, -0.15) is 0 Å². The van der Waals surface area contributed by atoms with Crippen molar-refractivity contribution >= 4 is 7.27 Å². The largest absolute Gasteiger partial charge is 0.592 e. The van der Waals surface area contributed by atoms with Crippen LogP contribution in [-0.2, 0) is 0 Å². The monoisotopic (exact) mass is 217 g/mol. The molecule has 2 aliphatic heterocycles. The second-order valence-electron chi connectivity index (χ2n) is 4.82. The van der Waals surface area contributed by atoms with E-state index in [4.69, 9.17) is 0 Å². The Kier molecular flexibility index (Phi) is 3.97. The number of nitrogens with one attached hydrogen (secondary N) is 1. The lowest BCUT2D eigenvalue weighted by Crippen LogP contribution is -3.14. The Hall–Kier alpha value is -0.155. The van der Waals surface area contributed by atoms with E-state index in [9.17, 15) is 8.63 Å². The predicted molar refractivity (Wildman–Crippen MR) is 57.4 cm³/mol. The summed E-state index contributed by atoms with van der Waals surface area (Å²) in [4.78, 5) is 3.65. The van der Waals surface area contributed by atoms with Gasteiger partial charge in [-0.1, -0.05) is 0 Å². The number of hydrogen-bond acceptors (Lipinski definition) is 1. The first-order valence-electron chi connectivity index (χ1n) is 6.11. The molecule has 0 atom stereocenters. The third-order valence-corrected chi connectivity index (χ3v) is 3.76. The maximum absolute atomic E-state index is 12.2. The van der Waals surface area contributed by atoms with Gasteiger partial charge in [0, 0.05) is 18.9 Å². The van der Waals surface area contributed by atoms with Crippen molar-refractivity contribution in [2.24, 2.45) is 0 Å². The number of rotatable bonds is 3. The van der Waals surface area contributed by atoms with Crippen molar-refractivity contribution in [2.75, 3.05) is 32.6 Å². The van der Waals surface area contributed by atoms with E-state index < -0.39 is 7.27 Å². The molecule has 2 fully saturated rings. The molecule has 2 heterocycles. The van der Waals surface area contributed by atoms with Gasteiger partial charge in [-0.3, -0.25) is 13.5 Å². The minimum Gasteiger partial charge on any atom is -0.336 e. The van der Waals surface area contributed by atoms with Gasteiger partial charge in [0.1, 0.15) is 6.44 Å². The van der Waals surface area contributed by atoms with E-state index in [1.54, 1.807) is 0 Å². The molecule has 0 radical (unpaired) electrons. The molecule has 0 aromatic rings. The fraction of sp³-hybridized carbons (Fsp3) is 1.00. The predicted octanol–water partition coefficient (Wildman–Crippen LogP) is 0.0959. The van der Waals surface area contributed by atoms with Crippen molar-refractivity contribution in [3.63, 3.8) is 0 Å².